The number of hydrogen-bond acceptors (Lipinski definition) is 3. The summed E-state index contributed by atoms with van der Waals surface area (Å²) in [5, 5.41) is 2.23. The zero-order valence-corrected chi connectivity index (χ0v) is 12.0. The van der Waals surface area contributed by atoms with Gasteiger partial charge in [-0.15, -0.1) is 11.3 Å². The summed E-state index contributed by atoms with van der Waals surface area (Å²) >= 11 is 7.56. The highest BCUT2D eigenvalue weighted by atomic mass is 35.5. The number of nitrogens with two attached hydrogens (primary N) is 1. The lowest BCUT2D eigenvalue weighted by Crippen LogP contribution is -2.31. The van der Waals surface area contributed by atoms with Gasteiger partial charge < -0.3 is 10.5 Å². The normalized spacial score (nSPS) is 14.1. The van der Waals surface area contributed by atoms with Gasteiger partial charge >= 0.3 is 0 Å². The number of hydrogen-bond donors (Lipinski definition) is 1. The first-order valence-corrected chi connectivity index (χ1v) is 7.28. The van der Waals surface area contributed by atoms with E-state index < -0.39 is 0 Å². The molecule has 5 heteroatoms. The molecule has 1 aromatic carbocycles. The van der Waals surface area contributed by atoms with Crippen LogP contribution in [0.4, 0.5) is 4.39 Å². The summed E-state index contributed by atoms with van der Waals surface area (Å²) in [6.45, 7) is 2.00. The zero-order chi connectivity index (χ0) is 13.8. The van der Waals surface area contributed by atoms with Crippen LogP contribution in [0.25, 0.3) is 0 Å². The third kappa shape index (κ3) is 3.47. The van der Waals surface area contributed by atoms with Crippen LogP contribution in [0.2, 0.25) is 5.02 Å². The number of rotatable bonds is 5. The molecule has 1 aromatic heterocycles. The minimum Gasteiger partial charge on any atom is -0.482 e. The van der Waals surface area contributed by atoms with Crippen molar-refractivity contribution in [2.45, 2.75) is 25.5 Å². The Kier molecular flexibility index (Phi) is 4.80. The second-order valence-corrected chi connectivity index (χ2v) is 5.59. The predicted molar refractivity (Wildman–Crippen MR) is 77.4 cm³/mol. The van der Waals surface area contributed by atoms with E-state index in [0.717, 1.165) is 11.3 Å². The van der Waals surface area contributed by atoms with Crippen molar-refractivity contribution in [1.29, 1.82) is 0 Å². The molecule has 2 atom stereocenters. The van der Waals surface area contributed by atoms with Gasteiger partial charge in [0.1, 0.15) is 17.7 Å². The van der Waals surface area contributed by atoms with Gasteiger partial charge in [-0.05, 0) is 36.1 Å². The third-order valence-corrected chi connectivity index (χ3v) is 4.06. The minimum atomic E-state index is -0.384. The van der Waals surface area contributed by atoms with E-state index in [9.17, 15) is 4.39 Å². The molecule has 0 aliphatic heterocycles. The van der Waals surface area contributed by atoms with E-state index in [1.807, 2.05) is 24.4 Å². The van der Waals surface area contributed by atoms with Crippen LogP contribution in [0.5, 0.6) is 5.75 Å². The van der Waals surface area contributed by atoms with E-state index >= 15 is 0 Å². The van der Waals surface area contributed by atoms with E-state index in [4.69, 9.17) is 22.1 Å². The Morgan fingerprint density at radius 3 is 2.79 bits per heavy atom. The van der Waals surface area contributed by atoms with Gasteiger partial charge in [0.15, 0.2) is 0 Å². The first kappa shape index (κ1) is 14.3. The molecule has 0 aliphatic rings. The second-order valence-electron chi connectivity index (χ2n) is 4.20. The predicted octanol–water partition coefficient (Wildman–Crippen LogP) is 4.40. The van der Waals surface area contributed by atoms with Gasteiger partial charge in [-0.1, -0.05) is 24.6 Å². The third-order valence-electron chi connectivity index (χ3n) is 2.83. The van der Waals surface area contributed by atoms with Crippen molar-refractivity contribution >= 4 is 22.9 Å². The van der Waals surface area contributed by atoms with Gasteiger partial charge in [-0.3, -0.25) is 0 Å². The van der Waals surface area contributed by atoms with Gasteiger partial charge in [0.05, 0.1) is 5.02 Å². The van der Waals surface area contributed by atoms with Crippen molar-refractivity contribution in [3.05, 3.63) is 51.4 Å². The fourth-order valence-electron chi connectivity index (χ4n) is 1.73. The van der Waals surface area contributed by atoms with Crippen LogP contribution in [-0.4, -0.2) is 6.04 Å². The van der Waals surface area contributed by atoms with Gasteiger partial charge in [-0.25, -0.2) is 4.39 Å². The van der Waals surface area contributed by atoms with Crippen LogP contribution < -0.4 is 10.5 Å². The SMILES string of the molecule is CCC(N)C(Oc1ccc(F)cc1Cl)c1cccs1. The molecule has 1 heterocycles. The molecule has 0 saturated heterocycles. The van der Waals surface area contributed by atoms with E-state index in [-0.39, 0.29) is 23.0 Å². The van der Waals surface area contributed by atoms with Crippen molar-refractivity contribution < 1.29 is 9.13 Å². The molecule has 2 unspecified atom stereocenters. The summed E-state index contributed by atoms with van der Waals surface area (Å²) in [4.78, 5) is 1.04. The molecule has 2 nitrogen and oxygen atoms in total. The molecule has 0 amide bonds. The summed E-state index contributed by atoms with van der Waals surface area (Å²) < 4.78 is 18.9. The van der Waals surface area contributed by atoms with Gasteiger partial charge in [-0.2, -0.15) is 0 Å². The summed E-state index contributed by atoms with van der Waals surface area (Å²) in [7, 11) is 0. The Labute approximate surface area is 121 Å². The molecular formula is C14H15ClFNOS. The van der Waals surface area contributed by atoms with Crippen LogP contribution in [-0.2, 0) is 0 Å². The maximum absolute atomic E-state index is 13.0. The molecule has 102 valence electrons. The van der Waals surface area contributed by atoms with Crippen LogP contribution >= 0.6 is 22.9 Å². The number of thiophene rings is 1. The first-order valence-electron chi connectivity index (χ1n) is 6.02. The first-order chi connectivity index (χ1) is 9.11. The highest BCUT2D eigenvalue weighted by Crippen LogP contribution is 2.33. The molecule has 19 heavy (non-hydrogen) atoms. The molecule has 0 radical (unpaired) electrons. The van der Waals surface area contributed by atoms with E-state index in [1.165, 1.54) is 18.2 Å². The molecule has 0 saturated carbocycles. The Morgan fingerprint density at radius 1 is 1.42 bits per heavy atom. The average molecular weight is 300 g/mol. The molecule has 2 rings (SSSR count). The molecule has 0 aliphatic carbocycles. The lowest BCUT2D eigenvalue weighted by atomic mass is 10.1. The second kappa shape index (κ2) is 6.37. The fourth-order valence-corrected chi connectivity index (χ4v) is 2.77. The minimum absolute atomic E-state index is 0.139. The number of halogens is 2. The lowest BCUT2D eigenvalue weighted by molar-refractivity contribution is 0.174. The number of ether oxygens (including phenoxy) is 1. The number of benzene rings is 1. The fraction of sp³-hybridized carbons (Fsp3) is 0.286. The largest absolute Gasteiger partial charge is 0.482 e. The molecule has 2 aromatic rings. The molecule has 2 N–H and O–H groups in total. The summed E-state index contributed by atoms with van der Waals surface area (Å²) in [6.07, 6.45) is 0.509. The van der Waals surface area contributed by atoms with Crippen molar-refractivity contribution in [3.63, 3.8) is 0 Å². The Bertz CT molecular complexity index is 532. The van der Waals surface area contributed by atoms with Crippen molar-refractivity contribution in [1.82, 2.24) is 0 Å². The van der Waals surface area contributed by atoms with Gasteiger partial charge in [0.2, 0.25) is 0 Å². The topological polar surface area (TPSA) is 35.2 Å². The highest BCUT2D eigenvalue weighted by molar-refractivity contribution is 7.10. The van der Waals surface area contributed by atoms with Crippen LogP contribution in [0.3, 0.4) is 0 Å². The van der Waals surface area contributed by atoms with E-state index in [2.05, 4.69) is 0 Å². The quantitative estimate of drug-likeness (QED) is 0.888. The van der Waals surface area contributed by atoms with Crippen molar-refractivity contribution in [2.24, 2.45) is 5.73 Å². The smallest absolute Gasteiger partial charge is 0.148 e. The maximum Gasteiger partial charge on any atom is 0.148 e. The lowest BCUT2D eigenvalue weighted by Gasteiger charge is -2.23. The standard InChI is InChI=1S/C14H15ClFNOS/c1-2-11(17)14(13-4-3-7-19-13)18-12-6-5-9(16)8-10(12)15/h3-8,11,14H,2,17H2,1H3. The monoisotopic (exact) mass is 299 g/mol. The van der Waals surface area contributed by atoms with Crippen molar-refractivity contribution in [3.8, 4) is 5.75 Å². The molecular weight excluding hydrogens is 285 g/mol. The van der Waals surface area contributed by atoms with Crippen molar-refractivity contribution in [2.75, 3.05) is 0 Å². The van der Waals surface area contributed by atoms with Gasteiger partial charge in [0, 0.05) is 10.9 Å². The Hall–Kier alpha value is -1.10. The maximum atomic E-state index is 13.0. The summed E-state index contributed by atoms with van der Waals surface area (Å²) in [5.41, 5.74) is 6.10. The Morgan fingerprint density at radius 2 is 2.21 bits per heavy atom. The van der Waals surface area contributed by atoms with Crippen LogP contribution in [0.15, 0.2) is 35.7 Å². The Balaban J connectivity index is 2.25. The van der Waals surface area contributed by atoms with E-state index in [0.29, 0.717) is 5.75 Å². The van der Waals surface area contributed by atoms with E-state index in [1.54, 1.807) is 11.3 Å². The summed E-state index contributed by atoms with van der Waals surface area (Å²) in [5.74, 6) is 0.0650. The van der Waals surface area contributed by atoms with Gasteiger partial charge in [0.25, 0.3) is 0 Å². The van der Waals surface area contributed by atoms with Crippen LogP contribution in [0, 0.1) is 5.82 Å². The van der Waals surface area contributed by atoms with Crippen LogP contribution in [0.1, 0.15) is 24.3 Å². The molecule has 0 fully saturated rings. The molecule has 0 bridgehead atoms. The zero-order valence-electron chi connectivity index (χ0n) is 10.5. The average Bonchev–Trinajstić information content (AvgIpc) is 2.91. The highest BCUT2D eigenvalue weighted by Gasteiger charge is 2.22. The molecule has 0 spiro atoms. The summed E-state index contributed by atoms with van der Waals surface area (Å²) in [6, 6.07) is 7.87.